The molecule has 3 N–H and O–H groups in total. The molecule has 0 aromatic carbocycles. The van der Waals surface area contributed by atoms with Crippen LogP contribution in [0.25, 0.3) is 0 Å². The van der Waals surface area contributed by atoms with Gasteiger partial charge in [0.1, 0.15) is 6.04 Å². The van der Waals surface area contributed by atoms with Gasteiger partial charge in [0.25, 0.3) is 0 Å². The van der Waals surface area contributed by atoms with Crippen molar-refractivity contribution in [2.24, 2.45) is 0 Å². The highest BCUT2D eigenvalue weighted by molar-refractivity contribution is 5.90. The predicted octanol–water partition coefficient (Wildman–Crippen LogP) is -0.197. The minimum atomic E-state index is -0.316. The van der Waals surface area contributed by atoms with Crippen LogP contribution in [-0.4, -0.2) is 37.5 Å². The summed E-state index contributed by atoms with van der Waals surface area (Å²) in [5.41, 5.74) is 0. The highest BCUT2D eigenvalue weighted by Gasteiger charge is 2.26. The number of halogens is 1. The van der Waals surface area contributed by atoms with Crippen molar-refractivity contribution < 1.29 is 9.59 Å². The molecule has 1 atom stereocenters. The highest BCUT2D eigenvalue weighted by atomic mass is 35.5. The van der Waals surface area contributed by atoms with Gasteiger partial charge in [-0.2, -0.15) is 0 Å². The number of rotatable bonds is 6. The maximum Gasteiger partial charge on any atom is 0.242 e. The predicted molar refractivity (Wildman–Crippen MR) is 64.6 cm³/mol. The van der Waals surface area contributed by atoms with E-state index in [1.165, 1.54) is 0 Å². The second-order valence-corrected chi connectivity index (χ2v) is 3.70. The maximum absolute atomic E-state index is 11.5. The highest BCUT2D eigenvalue weighted by Crippen LogP contribution is 2.05. The maximum atomic E-state index is 11.5. The van der Waals surface area contributed by atoms with E-state index in [1.807, 2.05) is 0 Å². The van der Waals surface area contributed by atoms with Crippen molar-refractivity contribution in [3.8, 4) is 0 Å². The fraction of sp³-hybridized carbons (Fsp3) is 0.800. The Labute approximate surface area is 102 Å². The van der Waals surface area contributed by atoms with E-state index in [-0.39, 0.29) is 30.3 Å². The summed E-state index contributed by atoms with van der Waals surface area (Å²) in [5.74, 6) is -0.0987. The van der Waals surface area contributed by atoms with Crippen LogP contribution in [-0.2, 0) is 9.59 Å². The fourth-order valence-corrected chi connectivity index (χ4v) is 1.51. The van der Waals surface area contributed by atoms with E-state index in [0.717, 1.165) is 19.5 Å². The van der Waals surface area contributed by atoms with Gasteiger partial charge in [-0.1, -0.05) is 6.92 Å². The van der Waals surface area contributed by atoms with Crippen LogP contribution < -0.4 is 16.0 Å². The van der Waals surface area contributed by atoms with E-state index >= 15 is 0 Å². The zero-order valence-electron chi connectivity index (χ0n) is 9.54. The monoisotopic (exact) mass is 249 g/mol. The van der Waals surface area contributed by atoms with Crippen LogP contribution in [0.1, 0.15) is 26.2 Å². The van der Waals surface area contributed by atoms with Gasteiger partial charge in [0.05, 0.1) is 0 Å². The smallest absolute Gasteiger partial charge is 0.242 e. The lowest BCUT2D eigenvalue weighted by molar-refractivity contribution is -0.125. The van der Waals surface area contributed by atoms with Gasteiger partial charge < -0.3 is 16.0 Å². The first kappa shape index (κ1) is 15.2. The van der Waals surface area contributed by atoms with Crippen molar-refractivity contribution in [3.63, 3.8) is 0 Å². The molecule has 6 heteroatoms. The van der Waals surface area contributed by atoms with Crippen molar-refractivity contribution in [2.45, 2.75) is 32.2 Å². The first-order valence-electron chi connectivity index (χ1n) is 5.52. The van der Waals surface area contributed by atoms with Gasteiger partial charge in [-0.25, -0.2) is 0 Å². The summed E-state index contributed by atoms with van der Waals surface area (Å²) in [6.07, 6.45) is 2.17. The number of amides is 2. The zero-order valence-corrected chi connectivity index (χ0v) is 10.4. The Morgan fingerprint density at radius 2 is 2.19 bits per heavy atom. The molecule has 0 aliphatic carbocycles. The molecule has 0 radical (unpaired) electrons. The van der Waals surface area contributed by atoms with E-state index in [4.69, 9.17) is 0 Å². The van der Waals surface area contributed by atoms with E-state index in [1.54, 1.807) is 0 Å². The molecule has 16 heavy (non-hydrogen) atoms. The molecule has 5 nitrogen and oxygen atoms in total. The van der Waals surface area contributed by atoms with Crippen LogP contribution in [0.2, 0.25) is 0 Å². The average molecular weight is 250 g/mol. The average Bonchev–Trinajstić information content (AvgIpc) is 2.64. The molecule has 1 aliphatic rings. The molecule has 0 spiro atoms. The summed E-state index contributed by atoms with van der Waals surface area (Å²) < 4.78 is 0. The molecule has 0 aromatic heterocycles. The van der Waals surface area contributed by atoms with E-state index in [0.29, 0.717) is 19.4 Å². The lowest BCUT2D eigenvalue weighted by Gasteiger charge is -2.10. The lowest BCUT2D eigenvalue weighted by Crippen LogP contribution is -2.43. The van der Waals surface area contributed by atoms with Crippen molar-refractivity contribution >= 4 is 24.2 Å². The van der Waals surface area contributed by atoms with Crippen LogP contribution >= 0.6 is 12.4 Å². The summed E-state index contributed by atoms with van der Waals surface area (Å²) >= 11 is 0. The van der Waals surface area contributed by atoms with Crippen LogP contribution in [0.4, 0.5) is 0 Å². The molecular weight excluding hydrogens is 230 g/mol. The van der Waals surface area contributed by atoms with Gasteiger partial charge in [-0.3, -0.25) is 9.59 Å². The number of hydrogen-bond donors (Lipinski definition) is 3. The lowest BCUT2D eigenvalue weighted by atomic mass is 10.2. The fourth-order valence-electron chi connectivity index (χ4n) is 1.51. The largest absolute Gasteiger partial charge is 0.353 e. The van der Waals surface area contributed by atoms with E-state index in [2.05, 4.69) is 22.9 Å². The molecule has 94 valence electrons. The summed E-state index contributed by atoms with van der Waals surface area (Å²) in [7, 11) is 0. The Bertz CT molecular complexity index is 236. The molecule has 1 rings (SSSR count). The molecule has 0 saturated carbocycles. The van der Waals surface area contributed by atoms with Gasteiger partial charge in [-0.15, -0.1) is 12.4 Å². The Balaban J connectivity index is 0.00000225. The Morgan fingerprint density at radius 3 is 2.75 bits per heavy atom. The Hall–Kier alpha value is -0.810. The van der Waals surface area contributed by atoms with Gasteiger partial charge >= 0.3 is 0 Å². The van der Waals surface area contributed by atoms with Crippen LogP contribution in [0, 0.1) is 0 Å². The van der Waals surface area contributed by atoms with Crippen molar-refractivity contribution in [1.29, 1.82) is 0 Å². The van der Waals surface area contributed by atoms with Gasteiger partial charge in [-0.05, 0) is 19.4 Å². The molecule has 1 aliphatic heterocycles. The first-order chi connectivity index (χ1) is 7.24. The third-order valence-corrected chi connectivity index (χ3v) is 2.34. The summed E-state index contributed by atoms with van der Waals surface area (Å²) in [4.78, 5) is 22.3. The Kier molecular flexibility index (Phi) is 7.93. The minimum Gasteiger partial charge on any atom is -0.353 e. The molecule has 1 heterocycles. The normalized spacial score (nSPS) is 18.8. The second kappa shape index (κ2) is 8.35. The summed E-state index contributed by atoms with van der Waals surface area (Å²) in [6.45, 7) is 4.46. The zero-order chi connectivity index (χ0) is 11.1. The van der Waals surface area contributed by atoms with Crippen molar-refractivity contribution in [3.05, 3.63) is 0 Å². The number of carbonyl (C=O) groups is 2. The molecule has 0 bridgehead atoms. The van der Waals surface area contributed by atoms with Crippen molar-refractivity contribution in [2.75, 3.05) is 19.6 Å². The van der Waals surface area contributed by atoms with Crippen LogP contribution in [0.3, 0.4) is 0 Å². The second-order valence-electron chi connectivity index (χ2n) is 3.70. The first-order valence-corrected chi connectivity index (χ1v) is 5.52. The van der Waals surface area contributed by atoms with Crippen molar-refractivity contribution in [1.82, 2.24) is 16.0 Å². The Morgan fingerprint density at radius 1 is 1.44 bits per heavy atom. The SMILES string of the molecule is CCCNCCNC(=O)C1CCC(=O)N1.Cl. The molecule has 1 fully saturated rings. The third kappa shape index (κ3) is 5.32. The minimum absolute atomic E-state index is 0. The van der Waals surface area contributed by atoms with Gasteiger partial charge in [0, 0.05) is 19.5 Å². The summed E-state index contributed by atoms with van der Waals surface area (Å²) in [5, 5.41) is 8.61. The van der Waals surface area contributed by atoms with Crippen LogP contribution in [0.15, 0.2) is 0 Å². The van der Waals surface area contributed by atoms with E-state index < -0.39 is 0 Å². The molecule has 1 saturated heterocycles. The third-order valence-electron chi connectivity index (χ3n) is 2.34. The van der Waals surface area contributed by atoms with E-state index in [9.17, 15) is 9.59 Å². The van der Waals surface area contributed by atoms with Crippen LogP contribution in [0.5, 0.6) is 0 Å². The quantitative estimate of drug-likeness (QED) is 0.571. The number of carbonyl (C=O) groups excluding carboxylic acids is 2. The van der Waals surface area contributed by atoms with Gasteiger partial charge in [0.15, 0.2) is 0 Å². The molecular formula is C10H20ClN3O2. The number of nitrogens with one attached hydrogen (secondary N) is 3. The topological polar surface area (TPSA) is 70.2 Å². The molecule has 1 unspecified atom stereocenters. The standard InChI is InChI=1S/C10H19N3O2.ClH/c1-2-5-11-6-7-12-10(15)8-3-4-9(14)13-8;/h8,11H,2-7H2,1H3,(H,12,15)(H,13,14);1H. The summed E-state index contributed by atoms with van der Waals surface area (Å²) in [6, 6.07) is -0.316. The number of hydrogen-bond acceptors (Lipinski definition) is 3. The van der Waals surface area contributed by atoms with Gasteiger partial charge in [0.2, 0.25) is 11.8 Å². The molecule has 2 amide bonds. The molecule has 0 aromatic rings.